The zero-order chi connectivity index (χ0) is 22.1. The van der Waals surface area contributed by atoms with E-state index in [1.807, 2.05) is 19.9 Å². The van der Waals surface area contributed by atoms with E-state index in [2.05, 4.69) is 6.92 Å². The molecule has 0 aliphatic heterocycles. The summed E-state index contributed by atoms with van der Waals surface area (Å²) in [5, 5.41) is 11.5. The zero-order valence-electron chi connectivity index (χ0n) is 18.1. The first-order chi connectivity index (χ1) is 13.9. The van der Waals surface area contributed by atoms with Crippen LogP contribution >= 0.6 is 0 Å². The number of carbonyl (C=O) groups is 4. The van der Waals surface area contributed by atoms with Gasteiger partial charge in [-0.3, -0.25) is 19.2 Å². The minimum atomic E-state index is -1.67. The topological polar surface area (TPSA) is 97.7 Å². The van der Waals surface area contributed by atoms with Crippen LogP contribution in [0.1, 0.15) is 53.4 Å². The van der Waals surface area contributed by atoms with Crippen LogP contribution in [0.25, 0.3) is 0 Å². The lowest BCUT2D eigenvalue weighted by molar-refractivity contribution is -0.172. The normalized spacial score (nSPS) is 44.6. The highest BCUT2D eigenvalue weighted by Crippen LogP contribution is 2.66. The van der Waals surface area contributed by atoms with Gasteiger partial charge in [-0.15, -0.1) is 0 Å². The van der Waals surface area contributed by atoms with E-state index in [0.29, 0.717) is 6.42 Å². The highest BCUT2D eigenvalue weighted by atomic mass is 16.5. The molecule has 162 valence electrons. The number of ketones is 3. The Labute approximate surface area is 176 Å². The van der Waals surface area contributed by atoms with E-state index < -0.39 is 34.8 Å². The van der Waals surface area contributed by atoms with E-state index in [4.69, 9.17) is 4.74 Å². The first-order valence-electron chi connectivity index (χ1n) is 10.8. The monoisotopic (exact) mass is 414 g/mol. The van der Waals surface area contributed by atoms with Crippen LogP contribution in [-0.2, 0) is 23.9 Å². The van der Waals surface area contributed by atoms with Crippen molar-refractivity contribution >= 4 is 23.3 Å². The summed E-state index contributed by atoms with van der Waals surface area (Å²) in [5.41, 5.74) is -2.04. The van der Waals surface area contributed by atoms with E-state index in [1.165, 1.54) is 6.92 Å². The van der Waals surface area contributed by atoms with Crippen LogP contribution in [-0.4, -0.2) is 40.6 Å². The quantitative estimate of drug-likeness (QED) is 0.713. The molecule has 0 amide bonds. The maximum atomic E-state index is 13.5. The molecule has 1 N–H and O–H groups in total. The Bertz CT molecular complexity index is 899. The first kappa shape index (κ1) is 21.2. The van der Waals surface area contributed by atoms with Gasteiger partial charge in [-0.25, -0.2) is 0 Å². The van der Waals surface area contributed by atoms with Crippen molar-refractivity contribution in [3.05, 3.63) is 23.8 Å². The number of allylic oxidation sites excluding steroid dienone is 4. The molecule has 7 atom stereocenters. The molecule has 0 aromatic carbocycles. The summed E-state index contributed by atoms with van der Waals surface area (Å²) in [6.45, 7) is 6.74. The summed E-state index contributed by atoms with van der Waals surface area (Å²) >= 11 is 0. The summed E-state index contributed by atoms with van der Waals surface area (Å²) in [6, 6.07) is 0. The second-order valence-electron chi connectivity index (χ2n) is 10.2. The Kier molecular flexibility index (Phi) is 4.73. The van der Waals surface area contributed by atoms with Gasteiger partial charge < -0.3 is 9.84 Å². The van der Waals surface area contributed by atoms with E-state index in [0.717, 1.165) is 12.0 Å². The summed E-state index contributed by atoms with van der Waals surface area (Å²) in [6.07, 6.45) is 6.94. The number of hydrogen-bond donors (Lipinski definition) is 1. The standard InChI is InChI=1S/C24H30O6/c1-13-9-16-17-6-8-24(29,20(28)12-30-14(2)25)23(17,4)11-19(27)21(16)22(3)7-5-15(26)10-18(13)22/h5,7,10,13,16-17,21,29H,6,8-9,11-12H2,1-4H3/t13-,16+,17-,21+,22-,23-,24-/m0/s1. The molecule has 0 spiro atoms. The molecule has 6 heteroatoms. The number of ether oxygens (including phenoxy) is 1. The molecule has 30 heavy (non-hydrogen) atoms. The summed E-state index contributed by atoms with van der Waals surface area (Å²) in [5.74, 6) is -1.16. The van der Waals surface area contributed by atoms with Crippen LogP contribution < -0.4 is 0 Å². The van der Waals surface area contributed by atoms with E-state index in [1.54, 1.807) is 12.2 Å². The molecule has 3 saturated carbocycles. The average Bonchev–Trinajstić information content (AvgIpc) is 2.93. The maximum absolute atomic E-state index is 13.5. The van der Waals surface area contributed by atoms with Gasteiger partial charge in [0, 0.05) is 30.1 Å². The van der Waals surface area contributed by atoms with Crippen molar-refractivity contribution in [1.29, 1.82) is 0 Å². The molecule has 3 fully saturated rings. The third-order valence-corrected chi connectivity index (χ3v) is 8.60. The van der Waals surface area contributed by atoms with Crippen molar-refractivity contribution in [3.63, 3.8) is 0 Å². The zero-order valence-corrected chi connectivity index (χ0v) is 18.1. The SMILES string of the molecule is CC(=O)OCC(=O)[C@@]1(O)CC[C@H]2[C@H]3C[C@H](C)C4=CC(=O)C=C[C@]4(C)[C@H]3C(=O)C[C@@]21C. The second-order valence-corrected chi connectivity index (χ2v) is 10.2. The van der Waals surface area contributed by atoms with Gasteiger partial charge in [0.2, 0.25) is 5.78 Å². The summed E-state index contributed by atoms with van der Waals surface area (Å²) in [4.78, 5) is 49.6. The molecule has 4 aliphatic rings. The first-order valence-corrected chi connectivity index (χ1v) is 10.8. The van der Waals surface area contributed by atoms with E-state index in [9.17, 15) is 24.3 Å². The Morgan fingerprint density at radius 1 is 1.27 bits per heavy atom. The minimum absolute atomic E-state index is 0.0123. The van der Waals surface area contributed by atoms with Gasteiger partial charge in [-0.05, 0) is 49.2 Å². The lowest BCUT2D eigenvalue weighted by atomic mass is 9.45. The molecule has 4 aliphatic carbocycles. The largest absolute Gasteiger partial charge is 0.458 e. The smallest absolute Gasteiger partial charge is 0.303 e. The van der Waals surface area contributed by atoms with Crippen LogP contribution in [0.3, 0.4) is 0 Å². The second kappa shape index (κ2) is 6.71. The van der Waals surface area contributed by atoms with Crippen molar-refractivity contribution in [1.82, 2.24) is 0 Å². The van der Waals surface area contributed by atoms with Gasteiger partial charge >= 0.3 is 5.97 Å². The van der Waals surface area contributed by atoms with Crippen LogP contribution in [0.5, 0.6) is 0 Å². The average molecular weight is 414 g/mol. The van der Waals surface area contributed by atoms with Crippen LogP contribution in [0.4, 0.5) is 0 Å². The Balaban J connectivity index is 1.71. The van der Waals surface area contributed by atoms with Crippen LogP contribution in [0.15, 0.2) is 23.8 Å². The molecule has 0 aromatic rings. The molecular formula is C24H30O6. The molecule has 0 aromatic heterocycles. The Morgan fingerprint density at radius 3 is 2.63 bits per heavy atom. The Hall–Kier alpha value is -2.08. The Morgan fingerprint density at radius 2 is 1.97 bits per heavy atom. The van der Waals surface area contributed by atoms with Crippen LogP contribution in [0.2, 0.25) is 0 Å². The van der Waals surface area contributed by atoms with Gasteiger partial charge in [-0.2, -0.15) is 0 Å². The molecule has 0 radical (unpaired) electrons. The fourth-order valence-corrected chi connectivity index (χ4v) is 7.21. The lowest BCUT2D eigenvalue weighted by Gasteiger charge is -2.58. The van der Waals surface area contributed by atoms with Gasteiger partial charge in [0.1, 0.15) is 11.4 Å². The van der Waals surface area contributed by atoms with Crippen molar-refractivity contribution in [2.45, 2.75) is 59.0 Å². The van der Waals surface area contributed by atoms with Crippen LogP contribution in [0, 0.1) is 34.5 Å². The molecule has 0 unspecified atom stereocenters. The molecule has 0 bridgehead atoms. The highest BCUT2D eigenvalue weighted by molar-refractivity contribution is 6.02. The number of Topliss-reactive ketones (excluding diaryl/α,β-unsaturated/α-hetero) is 2. The third-order valence-electron chi connectivity index (χ3n) is 8.60. The predicted molar refractivity (Wildman–Crippen MR) is 108 cm³/mol. The third kappa shape index (κ3) is 2.72. The fraction of sp³-hybridized carbons (Fsp3) is 0.667. The van der Waals surface area contributed by atoms with Gasteiger partial charge in [0.25, 0.3) is 0 Å². The van der Waals surface area contributed by atoms with E-state index >= 15 is 0 Å². The van der Waals surface area contributed by atoms with E-state index in [-0.39, 0.29) is 48.1 Å². The summed E-state index contributed by atoms with van der Waals surface area (Å²) < 4.78 is 4.87. The number of esters is 1. The number of carbonyl (C=O) groups excluding carboxylic acids is 4. The maximum Gasteiger partial charge on any atom is 0.303 e. The van der Waals surface area contributed by atoms with Gasteiger partial charge in [0.15, 0.2) is 12.4 Å². The fourth-order valence-electron chi connectivity index (χ4n) is 7.21. The number of fused-ring (bicyclic) bond motifs is 5. The van der Waals surface area contributed by atoms with Crippen molar-refractivity contribution in [2.75, 3.05) is 6.61 Å². The molecular weight excluding hydrogens is 384 g/mol. The van der Waals surface area contributed by atoms with Crippen molar-refractivity contribution in [3.8, 4) is 0 Å². The summed E-state index contributed by atoms with van der Waals surface area (Å²) in [7, 11) is 0. The molecule has 0 saturated heterocycles. The minimum Gasteiger partial charge on any atom is -0.458 e. The number of aliphatic hydroxyl groups is 1. The number of rotatable bonds is 3. The molecule has 0 heterocycles. The highest BCUT2D eigenvalue weighted by Gasteiger charge is 2.68. The predicted octanol–water partition coefficient (Wildman–Crippen LogP) is 2.58. The lowest BCUT2D eigenvalue weighted by Crippen LogP contribution is -2.61. The molecule has 4 rings (SSSR count). The number of hydrogen-bond acceptors (Lipinski definition) is 6. The van der Waals surface area contributed by atoms with Crippen molar-refractivity contribution in [2.24, 2.45) is 34.5 Å². The van der Waals surface area contributed by atoms with Gasteiger partial charge in [-0.1, -0.05) is 32.4 Å². The van der Waals surface area contributed by atoms with Crippen molar-refractivity contribution < 1.29 is 29.0 Å². The molecule has 6 nitrogen and oxygen atoms in total. The van der Waals surface area contributed by atoms with Gasteiger partial charge in [0.05, 0.1) is 0 Å².